The Kier molecular flexibility index (Phi) is 3.06. The first kappa shape index (κ1) is 11.2. The molecule has 2 heterocycles. The number of aromatic nitrogens is 2. The van der Waals surface area contributed by atoms with E-state index >= 15 is 0 Å². The lowest BCUT2D eigenvalue weighted by Crippen LogP contribution is -2.43. The molecule has 8 nitrogen and oxygen atoms in total. The Labute approximate surface area is 95.7 Å². The van der Waals surface area contributed by atoms with Crippen molar-refractivity contribution in [2.75, 3.05) is 13.2 Å². The van der Waals surface area contributed by atoms with Gasteiger partial charge in [0.15, 0.2) is 0 Å². The van der Waals surface area contributed by atoms with Crippen LogP contribution in [0.25, 0.3) is 0 Å². The predicted octanol–water partition coefficient (Wildman–Crippen LogP) is -0.936. The molecule has 3 N–H and O–H groups in total. The molecule has 0 saturated carbocycles. The SMILES string of the molecule is O=C=NCNC(=O)N1CCc2c([nH][nH]c2=O)C1. The zero-order valence-corrected chi connectivity index (χ0v) is 8.95. The fraction of sp³-hybridized carbons (Fsp3) is 0.444. The van der Waals surface area contributed by atoms with Crippen LogP contribution in [-0.4, -0.2) is 40.4 Å². The zero-order chi connectivity index (χ0) is 12.3. The number of aromatic amines is 2. The molecule has 0 radical (unpaired) electrons. The molecule has 1 aromatic heterocycles. The van der Waals surface area contributed by atoms with Gasteiger partial charge in [0.2, 0.25) is 6.08 Å². The Hall–Kier alpha value is -2.34. The average Bonchev–Trinajstić information content (AvgIpc) is 2.71. The number of nitrogens with zero attached hydrogens (tertiary/aromatic N) is 2. The molecule has 2 rings (SSSR count). The van der Waals surface area contributed by atoms with Gasteiger partial charge in [0.1, 0.15) is 6.67 Å². The van der Waals surface area contributed by atoms with Gasteiger partial charge in [-0.05, 0) is 6.42 Å². The molecule has 0 bridgehead atoms. The van der Waals surface area contributed by atoms with Crippen LogP contribution < -0.4 is 10.9 Å². The molecule has 0 unspecified atom stereocenters. The van der Waals surface area contributed by atoms with Gasteiger partial charge in [-0.3, -0.25) is 9.89 Å². The van der Waals surface area contributed by atoms with Gasteiger partial charge < -0.3 is 15.3 Å². The number of rotatable bonds is 2. The van der Waals surface area contributed by atoms with Crippen LogP contribution in [-0.2, 0) is 17.8 Å². The second kappa shape index (κ2) is 4.67. The largest absolute Gasteiger partial charge is 0.319 e. The minimum absolute atomic E-state index is 0.0879. The van der Waals surface area contributed by atoms with Crippen molar-refractivity contribution in [3.8, 4) is 0 Å². The third-order valence-electron chi connectivity index (χ3n) is 2.61. The van der Waals surface area contributed by atoms with Crippen molar-refractivity contribution in [1.82, 2.24) is 20.4 Å². The minimum Gasteiger partial charge on any atom is -0.319 e. The maximum absolute atomic E-state index is 11.6. The lowest BCUT2D eigenvalue weighted by Gasteiger charge is -2.25. The number of H-pyrrole nitrogens is 2. The maximum Gasteiger partial charge on any atom is 0.319 e. The van der Waals surface area contributed by atoms with Gasteiger partial charge in [-0.1, -0.05) is 0 Å². The number of isocyanates is 1. The molecule has 8 heteroatoms. The highest BCUT2D eigenvalue weighted by Gasteiger charge is 2.23. The van der Waals surface area contributed by atoms with Crippen molar-refractivity contribution in [2.45, 2.75) is 13.0 Å². The smallest absolute Gasteiger partial charge is 0.319 e. The van der Waals surface area contributed by atoms with Crippen LogP contribution >= 0.6 is 0 Å². The Bertz CT molecular complexity index is 525. The molecule has 0 fully saturated rings. The van der Waals surface area contributed by atoms with Gasteiger partial charge in [0, 0.05) is 12.1 Å². The molecule has 2 amide bonds. The summed E-state index contributed by atoms with van der Waals surface area (Å²) in [5, 5.41) is 7.66. The molecule has 0 aromatic carbocycles. The number of hydrogen-bond donors (Lipinski definition) is 3. The highest BCUT2D eigenvalue weighted by molar-refractivity contribution is 5.74. The van der Waals surface area contributed by atoms with Gasteiger partial charge in [0.05, 0.1) is 12.2 Å². The second-order valence-electron chi connectivity index (χ2n) is 3.60. The third-order valence-corrected chi connectivity index (χ3v) is 2.61. The average molecular weight is 237 g/mol. The summed E-state index contributed by atoms with van der Waals surface area (Å²) in [5.74, 6) is 0. The molecule has 17 heavy (non-hydrogen) atoms. The van der Waals surface area contributed by atoms with E-state index in [0.717, 1.165) is 5.69 Å². The first-order chi connectivity index (χ1) is 8.22. The Morgan fingerprint density at radius 2 is 2.35 bits per heavy atom. The van der Waals surface area contributed by atoms with E-state index in [1.54, 1.807) is 0 Å². The quantitative estimate of drug-likeness (QED) is 0.456. The van der Waals surface area contributed by atoms with E-state index in [1.165, 1.54) is 11.0 Å². The molecule has 0 saturated heterocycles. The highest BCUT2D eigenvalue weighted by Crippen LogP contribution is 2.12. The van der Waals surface area contributed by atoms with E-state index in [1.807, 2.05) is 0 Å². The van der Waals surface area contributed by atoms with E-state index < -0.39 is 0 Å². The van der Waals surface area contributed by atoms with Crippen molar-refractivity contribution in [2.24, 2.45) is 4.99 Å². The van der Waals surface area contributed by atoms with Crippen LogP contribution in [0.2, 0.25) is 0 Å². The van der Waals surface area contributed by atoms with Crippen LogP contribution in [0.15, 0.2) is 9.79 Å². The molecular formula is C9H11N5O3. The lowest BCUT2D eigenvalue weighted by molar-refractivity contribution is 0.192. The van der Waals surface area contributed by atoms with Crippen LogP contribution in [0.5, 0.6) is 0 Å². The summed E-state index contributed by atoms with van der Waals surface area (Å²) < 4.78 is 0. The molecule has 90 valence electrons. The number of carbonyl (C=O) groups is 1. The fourth-order valence-electron chi connectivity index (χ4n) is 1.76. The van der Waals surface area contributed by atoms with Crippen LogP contribution in [0, 0.1) is 0 Å². The molecule has 1 aliphatic rings. The summed E-state index contributed by atoms with van der Waals surface area (Å²) in [6.07, 6.45) is 1.85. The standard InChI is InChI=1S/C9H11N5O3/c15-5-10-4-11-9(17)14-2-1-6-7(3-14)12-13-8(6)16/h1-4H2,(H,11,17)(H2,12,13,16). The van der Waals surface area contributed by atoms with Crippen molar-refractivity contribution in [1.29, 1.82) is 0 Å². The fourth-order valence-corrected chi connectivity index (χ4v) is 1.76. The number of hydrogen-bond acceptors (Lipinski definition) is 4. The number of carbonyl (C=O) groups excluding carboxylic acids is 2. The zero-order valence-electron chi connectivity index (χ0n) is 8.95. The molecule has 0 spiro atoms. The number of nitrogens with one attached hydrogen (secondary N) is 3. The summed E-state index contributed by atoms with van der Waals surface area (Å²) in [5.41, 5.74) is 1.28. The Balaban J connectivity index is 2.00. The van der Waals surface area contributed by atoms with Crippen molar-refractivity contribution in [3.63, 3.8) is 0 Å². The van der Waals surface area contributed by atoms with Gasteiger partial charge >= 0.3 is 6.03 Å². The molecule has 1 aliphatic heterocycles. The Morgan fingerprint density at radius 1 is 1.53 bits per heavy atom. The minimum atomic E-state index is -0.323. The maximum atomic E-state index is 11.6. The number of fused-ring (bicyclic) bond motifs is 1. The highest BCUT2D eigenvalue weighted by atomic mass is 16.2. The molecule has 0 atom stereocenters. The predicted molar refractivity (Wildman–Crippen MR) is 57.0 cm³/mol. The topological polar surface area (TPSA) is 110 Å². The summed E-state index contributed by atoms with van der Waals surface area (Å²) in [7, 11) is 0. The van der Waals surface area contributed by atoms with Crippen LogP contribution in [0.4, 0.5) is 4.79 Å². The van der Waals surface area contributed by atoms with E-state index in [0.29, 0.717) is 25.1 Å². The number of aliphatic imine (C=N–C) groups is 1. The third kappa shape index (κ3) is 2.26. The summed E-state index contributed by atoms with van der Waals surface area (Å²) >= 11 is 0. The monoisotopic (exact) mass is 237 g/mol. The van der Waals surface area contributed by atoms with E-state index in [4.69, 9.17) is 0 Å². The second-order valence-corrected chi connectivity index (χ2v) is 3.60. The van der Waals surface area contributed by atoms with E-state index in [-0.39, 0.29) is 18.3 Å². The van der Waals surface area contributed by atoms with E-state index in [9.17, 15) is 14.4 Å². The lowest BCUT2D eigenvalue weighted by atomic mass is 10.1. The van der Waals surface area contributed by atoms with E-state index in [2.05, 4.69) is 20.5 Å². The van der Waals surface area contributed by atoms with Crippen LogP contribution in [0.1, 0.15) is 11.3 Å². The van der Waals surface area contributed by atoms with Gasteiger partial charge in [-0.25, -0.2) is 9.59 Å². The Morgan fingerprint density at radius 3 is 3.12 bits per heavy atom. The van der Waals surface area contributed by atoms with Crippen LogP contribution in [0.3, 0.4) is 0 Å². The van der Waals surface area contributed by atoms with Crippen molar-refractivity contribution in [3.05, 3.63) is 21.6 Å². The van der Waals surface area contributed by atoms with Crippen molar-refractivity contribution < 1.29 is 9.59 Å². The normalized spacial score (nSPS) is 13.8. The van der Waals surface area contributed by atoms with Gasteiger partial charge in [-0.15, -0.1) is 0 Å². The van der Waals surface area contributed by atoms with Crippen molar-refractivity contribution >= 4 is 12.1 Å². The number of urea groups is 1. The number of amides is 2. The summed E-state index contributed by atoms with van der Waals surface area (Å²) in [4.78, 5) is 37.5. The first-order valence-electron chi connectivity index (χ1n) is 5.07. The molecule has 0 aliphatic carbocycles. The van der Waals surface area contributed by atoms with Gasteiger partial charge in [0.25, 0.3) is 5.56 Å². The molecule has 1 aromatic rings. The summed E-state index contributed by atoms with van der Waals surface area (Å²) in [6, 6.07) is -0.323. The van der Waals surface area contributed by atoms with Gasteiger partial charge in [-0.2, -0.15) is 4.99 Å². The molecular weight excluding hydrogens is 226 g/mol. The summed E-state index contributed by atoms with van der Waals surface area (Å²) in [6.45, 7) is 0.713. The first-order valence-corrected chi connectivity index (χ1v) is 5.07.